The number of fused-ring (bicyclic) bond motifs is 1. The summed E-state index contributed by atoms with van der Waals surface area (Å²) in [6.45, 7) is 3.79. The molecular weight excluding hydrogens is 356 g/mol. The molecule has 2 heterocycles. The molecule has 0 aliphatic carbocycles. The van der Waals surface area contributed by atoms with Crippen LogP contribution in [0, 0.1) is 6.92 Å². The van der Waals surface area contributed by atoms with Gasteiger partial charge in [-0.3, -0.25) is 0 Å². The highest BCUT2D eigenvalue weighted by atomic mass is 35.5. The van der Waals surface area contributed by atoms with Gasteiger partial charge in [0.2, 0.25) is 4.96 Å². The van der Waals surface area contributed by atoms with Gasteiger partial charge in [-0.05, 0) is 31.0 Å². The fourth-order valence-electron chi connectivity index (χ4n) is 2.22. The van der Waals surface area contributed by atoms with Gasteiger partial charge in [-0.2, -0.15) is 9.61 Å². The van der Waals surface area contributed by atoms with Crippen LogP contribution in [-0.4, -0.2) is 23.0 Å². The third-order valence-corrected chi connectivity index (χ3v) is 6.07. The molecule has 0 spiro atoms. The number of halogens is 1. The fraction of sp³-hybridized carbons (Fsp3) is 0.286. The molecule has 0 atom stereocenters. The first-order valence-electron chi connectivity index (χ1n) is 7.00. The Balaban J connectivity index is 1.93. The number of benzene rings is 1. The zero-order valence-corrected chi connectivity index (χ0v) is 15.0. The Morgan fingerprint density at radius 2 is 2.17 bits per heavy atom. The summed E-state index contributed by atoms with van der Waals surface area (Å²) in [6.07, 6.45) is 0.739. The molecule has 122 valence electrons. The van der Waals surface area contributed by atoms with E-state index in [1.165, 1.54) is 15.9 Å². The molecule has 0 radical (unpaired) electrons. The van der Waals surface area contributed by atoms with Gasteiger partial charge in [-0.15, -0.1) is 0 Å². The lowest BCUT2D eigenvalue weighted by atomic mass is 10.2. The van der Waals surface area contributed by atoms with Gasteiger partial charge in [0.15, 0.2) is 5.03 Å². The van der Waals surface area contributed by atoms with E-state index in [4.69, 9.17) is 11.6 Å². The van der Waals surface area contributed by atoms with Crippen LogP contribution in [0.25, 0.3) is 4.96 Å². The lowest BCUT2D eigenvalue weighted by molar-refractivity contribution is 0.572. The van der Waals surface area contributed by atoms with Crippen molar-refractivity contribution in [2.75, 3.05) is 0 Å². The van der Waals surface area contributed by atoms with Crippen LogP contribution in [0.4, 0.5) is 0 Å². The summed E-state index contributed by atoms with van der Waals surface area (Å²) in [5.41, 5.74) is 1.22. The van der Waals surface area contributed by atoms with Crippen LogP contribution in [0.15, 0.2) is 29.3 Å². The van der Waals surface area contributed by atoms with Crippen LogP contribution < -0.4 is 4.72 Å². The van der Waals surface area contributed by atoms with E-state index in [1.807, 2.05) is 13.0 Å². The van der Waals surface area contributed by atoms with E-state index in [0.717, 1.165) is 17.0 Å². The molecular formula is C14H15ClN4O2S2. The predicted molar refractivity (Wildman–Crippen MR) is 90.5 cm³/mol. The zero-order valence-electron chi connectivity index (χ0n) is 12.6. The van der Waals surface area contributed by atoms with Crippen LogP contribution in [0.2, 0.25) is 5.02 Å². The van der Waals surface area contributed by atoms with Gasteiger partial charge in [0.1, 0.15) is 5.01 Å². The number of sulfonamides is 1. The maximum atomic E-state index is 12.6. The molecule has 0 amide bonds. The van der Waals surface area contributed by atoms with Crippen molar-refractivity contribution in [3.63, 3.8) is 0 Å². The molecule has 9 heteroatoms. The summed E-state index contributed by atoms with van der Waals surface area (Å²) < 4.78 is 29.3. The van der Waals surface area contributed by atoms with Gasteiger partial charge in [0.05, 0.1) is 5.69 Å². The minimum absolute atomic E-state index is 0.0884. The van der Waals surface area contributed by atoms with Gasteiger partial charge in [0, 0.05) is 11.6 Å². The van der Waals surface area contributed by atoms with E-state index in [0.29, 0.717) is 15.7 Å². The maximum absolute atomic E-state index is 12.6. The van der Waals surface area contributed by atoms with Crippen LogP contribution in [0.5, 0.6) is 0 Å². The van der Waals surface area contributed by atoms with E-state index in [9.17, 15) is 8.42 Å². The van der Waals surface area contributed by atoms with Crippen molar-refractivity contribution in [1.29, 1.82) is 0 Å². The Hall–Kier alpha value is -1.48. The molecule has 0 bridgehead atoms. The molecule has 3 aromatic rings. The van der Waals surface area contributed by atoms with E-state index in [2.05, 4.69) is 14.8 Å². The summed E-state index contributed by atoms with van der Waals surface area (Å²) in [5.74, 6) is 0. The van der Waals surface area contributed by atoms with Crippen molar-refractivity contribution in [2.45, 2.75) is 31.8 Å². The second-order valence-electron chi connectivity index (χ2n) is 5.00. The van der Waals surface area contributed by atoms with Gasteiger partial charge in [-0.1, -0.05) is 42.0 Å². The van der Waals surface area contributed by atoms with Crippen molar-refractivity contribution in [3.8, 4) is 0 Å². The average Bonchev–Trinajstić information content (AvgIpc) is 3.01. The lowest BCUT2D eigenvalue weighted by Crippen LogP contribution is -2.25. The van der Waals surface area contributed by atoms with Crippen molar-refractivity contribution >= 4 is 37.9 Å². The van der Waals surface area contributed by atoms with Crippen molar-refractivity contribution in [1.82, 2.24) is 19.3 Å². The topological polar surface area (TPSA) is 76.4 Å². The monoisotopic (exact) mass is 370 g/mol. The van der Waals surface area contributed by atoms with E-state index in [-0.39, 0.29) is 11.6 Å². The van der Waals surface area contributed by atoms with Crippen LogP contribution in [0.3, 0.4) is 0 Å². The molecule has 0 saturated carbocycles. The van der Waals surface area contributed by atoms with E-state index >= 15 is 0 Å². The van der Waals surface area contributed by atoms with Gasteiger partial charge >= 0.3 is 0 Å². The third kappa shape index (κ3) is 3.25. The van der Waals surface area contributed by atoms with Crippen LogP contribution in [-0.2, 0) is 23.0 Å². The molecule has 0 unspecified atom stereocenters. The van der Waals surface area contributed by atoms with Gasteiger partial charge in [0.25, 0.3) is 10.0 Å². The minimum atomic E-state index is -3.73. The first-order chi connectivity index (χ1) is 10.9. The normalized spacial score (nSPS) is 12.1. The highest BCUT2D eigenvalue weighted by molar-refractivity contribution is 7.89. The molecule has 6 nitrogen and oxygen atoms in total. The molecule has 0 aliphatic rings. The quantitative estimate of drug-likeness (QED) is 0.749. The number of aromatic nitrogens is 3. The number of rotatable bonds is 5. The summed E-state index contributed by atoms with van der Waals surface area (Å²) >= 11 is 7.31. The SMILES string of the molecule is CCc1nn2c(S(=O)(=O)NCc3cccc(Cl)c3)c(C)nc2s1. The fourth-order valence-corrected chi connectivity index (χ4v) is 4.65. The third-order valence-electron chi connectivity index (χ3n) is 3.28. The largest absolute Gasteiger partial charge is 0.260 e. The van der Waals surface area contributed by atoms with Crippen LogP contribution >= 0.6 is 22.9 Å². The van der Waals surface area contributed by atoms with E-state index in [1.54, 1.807) is 25.1 Å². The Morgan fingerprint density at radius 1 is 1.39 bits per heavy atom. The van der Waals surface area contributed by atoms with Gasteiger partial charge < -0.3 is 0 Å². The second-order valence-corrected chi connectivity index (χ2v) is 8.16. The molecule has 23 heavy (non-hydrogen) atoms. The number of aryl methyl sites for hydroxylation is 2. The Labute approximate surface area is 143 Å². The smallest absolute Gasteiger partial charge is 0.221 e. The Kier molecular flexibility index (Phi) is 4.41. The zero-order chi connectivity index (χ0) is 16.6. The minimum Gasteiger partial charge on any atom is -0.221 e. The predicted octanol–water partition coefficient (Wildman–Crippen LogP) is 2.79. The molecule has 1 aromatic carbocycles. The molecule has 3 rings (SSSR count). The number of nitrogens with one attached hydrogen (secondary N) is 1. The number of hydrogen-bond acceptors (Lipinski definition) is 5. The summed E-state index contributed by atoms with van der Waals surface area (Å²) in [4.78, 5) is 4.88. The summed E-state index contributed by atoms with van der Waals surface area (Å²) in [5, 5.41) is 5.82. The molecule has 0 aliphatic heterocycles. The van der Waals surface area contributed by atoms with Gasteiger partial charge in [-0.25, -0.2) is 18.1 Å². The number of nitrogens with zero attached hydrogens (tertiary/aromatic N) is 3. The molecule has 0 saturated heterocycles. The second kappa shape index (κ2) is 6.20. The maximum Gasteiger partial charge on any atom is 0.260 e. The summed E-state index contributed by atoms with van der Waals surface area (Å²) in [7, 11) is -3.73. The molecule has 2 aromatic heterocycles. The molecule has 0 fully saturated rings. The average molecular weight is 371 g/mol. The highest BCUT2D eigenvalue weighted by Gasteiger charge is 2.25. The summed E-state index contributed by atoms with van der Waals surface area (Å²) in [6, 6.07) is 7.06. The van der Waals surface area contributed by atoms with Crippen molar-refractivity contribution in [3.05, 3.63) is 45.6 Å². The molecule has 1 N–H and O–H groups in total. The highest BCUT2D eigenvalue weighted by Crippen LogP contribution is 2.22. The number of imidazole rings is 1. The van der Waals surface area contributed by atoms with Crippen molar-refractivity contribution < 1.29 is 8.42 Å². The first kappa shape index (κ1) is 16.4. The lowest BCUT2D eigenvalue weighted by Gasteiger charge is -2.06. The van der Waals surface area contributed by atoms with Crippen molar-refractivity contribution in [2.24, 2.45) is 0 Å². The first-order valence-corrected chi connectivity index (χ1v) is 9.67. The van der Waals surface area contributed by atoms with E-state index < -0.39 is 10.0 Å². The number of hydrogen-bond donors (Lipinski definition) is 1. The Morgan fingerprint density at radius 3 is 2.87 bits per heavy atom. The Bertz CT molecular complexity index is 962. The van der Waals surface area contributed by atoms with Crippen LogP contribution in [0.1, 0.15) is 23.2 Å². The standard InChI is InChI=1S/C14H15ClN4O2S2/c1-3-12-18-19-13(9(2)17-14(19)22-12)23(20,21)16-8-10-5-4-6-11(15)7-10/h4-7,16H,3,8H2,1-2H3.